The van der Waals surface area contributed by atoms with E-state index in [0.29, 0.717) is 13.1 Å². The molecule has 0 spiro atoms. The number of halogens is 2. The van der Waals surface area contributed by atoms with Crippen LogP contribution in [0.2, 0.25) is 0 Å². The van der Waals surface area contributed by atoms with Crippen LogP contribution in [0.3, 0.4) is 0 Å². The molecule has 0 bridgehead atoms. The maximum atomic E-state index is 13.8. The fraction of sp³-hybridized carbons (Fsp3) is 0.467. The van der Waals surface area contributed by atoms with Crippen molar-refractivity contribution in [2.24, 2.45) is 0 Å². The highest BCUT2D eigenvalue weighted by atomic mass is 19.2. The lowest BCUT2D eigenvalue weighted by molar-refractivity contribution is -0.930. The predicted octanol–water partition coefficient (Wildman–Crippen LogP) is -0.199. The summed E-state index contributed by atoms with van der Waals surface area (Å²) in [5, 5.41) is 2.69. The maximum Gasteiger partial charge on any atom is 0.312 e. The molecule has 7 heteroatoms. The van der Waals surface area contributed by atoms with Crippen molar-refractivity contribution in [1.82, 2.24) is 5.32 Å². The van der Waals surface area contributed by atoms with Gasteiger partial charge >= 0.3 is 5.97 Å². The molecule has 1 aliphatic rings. The van der Waals surface area contributed by atoms with Crippen LogP contribution < -0.4 is 10.2 Å². The summed E-state index contributed by atoms with van der Waals surface area (Å²) in [7, 11) is 0. The molecule has 0 saturated carbocycles. The van der Waals surface area contributed by atoms with Crippen LogP contribution in [0.4, 0.5) is 8.78 Å². The first-order valence-electron chi connectivity index (χ1n) is 7.23. The van der Waals surface area contributed by atoms with E-state index in [1.165, 1.54) is 12.1 Å². The average Bonchev–Trinajstić information content (AvgIpc) is 2.48. The van der Waals surface area contributed by atoms with Crippen molar-refractivity contribution in [2.75, 3.05) is 19.7 Å². The molecule has 0 aliphatic carbocycles. The van der Waals surface area contributed by atoms with Crippen LogP contribution >= 0.6 is 0 Å². The third-order valence-electron chi connectivity index (χ3n) is 3.68. The molecule has 1 amide bonds. The van der Waals surface area contributed by atoms with E-state index in [4.69, 9.17) is 4.74 Å². The van der Waals surface area contributed by atoms with Crippen LogP contribution in [0, 0.1) is 11.6 Å². The lowest BCUT2D eigenvalue weighted by Gasteiger charge is -2.31. The first kappa shape index (κ1) is 16.4. The van der Waals surface area contributed by atoms with Gasteiger partial charge in [0.25, 0.3) is 5.91 Å². The lowest BCUT2D eigenvalue weighted by Crippen LogP contribution is -3.18. The van der Waals surface area contributed by atoms with Gasteiger partial charge in [-0.25, -0.2) is 8.78 Å². The molecule has 1 aromatic rings. The van der Waals surface area contributed by atoms with E-state index in [1.54, 1.807) is 6.92 Å². The topological polar surface area (TPSA) is 59.8 Å². The number of carbonyl (C=O) groups excluding carboxylic acids is 2. The summed E-state index contributed by atoms with van der Waals surface area (Å²) in [6.07, 6.45) is -0.0774. The van der Waals surface area contributed by atoms with E-state index in [1.807, 2.05) is 0 Å². The first-order valence-corrected chi connectivity index (χ1v) is 7.23. The van der Waals surface area contributed by atoms with Crippen molar-refractivity contribution in [3.8, 4) is 0 Å². The van der Waals surface area contributed by atoms with Gasteiger partial charge in [0.1, 0.15) is 13.0 Å². The Balaban J connectivity index is 2.13. The Morgan fingerprint density at radius 2 is 2.23 bits per heavy atom. The Kier molecular flexibility index (Phi) is 5.43. The van der Waals surface area contributed by atoms with Gasteiger partial charge in [-0.1, -0.05) is 12.1 Å². The van der Waals surface area contributed by atoms with Gasteiger partial charge in [-0.3, -0.25) is 9.59 Å². The van der Waals surface area contributed by atoms with Crippen molar-refractivity contribution in [3.05, 3.63) is 35.4 Å². The highest BCUT2D eigenvalue weighted by molar-refractivity contribution is 5.85. The van der Waals surface area contributed by atoms with Crippen molar-refractivity contribution < 1.29 is 28.0 Å². The number of rotatable bonds is 5. The second kappa shape index (κ2) is 7.31. The average molecular weight is 313 g/mol. The zero-order chi connectivity index (χ0) is 16.1. The van der Waals surface area contributed by atoms with E-state index < -0.39 is 23.6 Å². The van der Waals surface area contributed by atoms with Crippen LogP contribution in [-0.2, 0) is 20.9 Å². The molecule has 0 radical (unpaired) electrons. The number of benzene rings is 1. The Morgan fingerprint density at radius 1 is 1.45 bits per heavy atom. The quantitative estimate of drug-likeness (QED) is 0.740. The minimum Gasteiger partial charge on any atom is -0.466 e. The normalized spacial score (nSPS) is 21.3. The number of hydrogen-bond acceptors (Lipinski definition) is 3. The van der Waals surface area contributed by atoms with Gasteiger partial charge in [0.05, 0.1) is 19.7 Å². The summed E-state index contributed by atoms with van der Waals surface area (Å²) in [5.41, 5.74) is 0.193. The largest absolute Gasteiger partial charge is 0.466 e. The monoisotopic (exact) mass is 313 g/mol. The summed E-state index contributed by atoms with van der Waals surface area (Å²) < 4.78 is 31.9. The molecule has 22 heavy (non-hydrogen) atoms. The minimum absolute atomic E-state index is 0.0774. The van der Waals surface area contributed by atoms with Crippen molar-refractivity contribution in [2.45, 2.75) is 25.9 Å². The van der Waals surface area contributed by atoms with Crippen molar-refractivity contribution >= 4 is 11.9 Å². The van der Waals surface area contributed by atoms with Crippen LogP contribution in [0.25, 0.3) is 0 Å². The van der Waals surface area contributed by atoms with E-state index in [0.717, 1.165) is 11.0 Å². The van der Waals surface area contributed by atoms with Crippen LogP contribution in [-0.4, -0.2) is 37.6 Å². The van der Waals surface area contributed by atoms with Gasteiger partial charge < -0.3 is 15.0 Å². The minimum atomic E-state index is -0.916. The lowest BCUT2D eigenvalue weighted by atomic mass is 10.1. The third-order valence-corrected chi connectivity index (χ3v) is 3.68. The number of piperazine rings is 1. The van der Waals surface area contributed by atoms with E-state index >= 15 is 0 Å². The summed E-state index contributed by atoms with van der Waals surface area (Å²) in [6, 6.07) is 3.31. The number of carbonyl (C=O) groups is 2. The van der Waals surface area contributed by atoms with Crippen LogP contribution in [0.1, 0.15) is 18.9 Å². The molecule has 1 aliphatic heterocycles. The molecule has 2 rings (SSSR count). The molecular weight excluding hydrogens is 294 g/mol. The summed E-state index contributed by atoms with van der Waals surface area (Å²) >= 11 is 0. The molecular formula is C15H19F2N2O3+. The molecule has 0 aromatic heterocycles. The smallest absolute Gasteiger partial charge is 0.312 e. The first-order chi connectivity index (χ1) is 10.5. The molecule has 1 saturated heterocycles. The molecule has 2 atom stereocenters. The number of hydrogen-bond donors (Lipinski definition) is 2. The van der Waals surface area contributed by atoms with Crippen LogP contribution in [0.5, 0.6) is 0 Å². The zero-order valence-corrected chi connectivity index (χ0v) is 12.3. The zero-order valence-electron chi connectivity index (χ0n) is 12.3. The summed E-state index contributed by atoms with van der Waals surface area (Å²) in [4.78, 5) is 24.3. The Bertz CT molecular complexity index is 566. The van der Waals surface area contributed by atoms with Gasteiger partial charge in [-0.05, 0) is 13.0 Å². The Morgan fingerprint density at radius 3 is 2.95 bits per heavy atom. The fourth-order valence-corrected chi connectivity index (χ4v) is 2.59. The molecule has 1 fully saturated rings. The van der Waals surface area contributed by atoms with E-state index in [9.17, 15) is 18.4 Å². The van der Waals surface area contributed by atoms with E-state index in [2.05, 4.69) is 5.32 Å². The van der Waals surface area contributed by atoms with Crippen LogP contribution in [0.15, 0.2) is 18.2 Å². The van der Waals surface area contributed by atoms with Gasteiger partial charge in [-0.15, -0.1) is 0 Å². The summed E-state index contributed by atoms with van der Waals surface area (Å²) in [5.74, 6) is -2.57. The molecule has 1 heterocycles. The summed E-state index contributed by atoms with van der Waals surface area (Å²) in [6.45, 7) is 3.03. The van der Waals surface area contributed by atoms with Gasteiger partial charge in [0, 0.05) is 5.56 Å². The highest BCUT2D eigenvalue weighted by Gasteiger charge is 2.36. The fourth-order valence-electron chi connectivity index (χ4n) is 2.59. The van der Waals surface area contributed by atoms with E-state index in [-0.39, 0.29) is 31.0 Å². The number of amides is 1. The Hall–Kier alpha value is -2.02. The number of esters is 1. The van der Waals surface area contributed by atoms with Gasteiger partial charge in [0.15, 0.2) is 17.7 Å². The second-order valence-corrected chi connectivity index (χ2v) is 5.15. The van der Waals surface area contributed by atoms with Gasteiger partial charge in [0.2, 0.25) is 0 Å². The highest BCUT2D eigenvalue weighted by Crippen LogP contribution is 2.10. The number of nitrogens with one attached hydrogen (secondary N) is 2. The van der Waals surface area contributed by atoms with Crippen molar-refractivity contribution in [3.63, 3.8) is 0 Å². The van der Waals surface area contributed by atoms with Gasteiger partial charge in [-0.2, -0.15) is 0 Å². The standard InChI is InChI=1S/C15H18F2N2O3/c1-2-22-13(20)8-12-15(21)18-6-7-19(12)9-10-4-3-5-11(16)14(10)17/h3-5,12H,2,6-9H2,1H3,(H,18,21)/p+1/t12-/m0/s1. The number of quaternary nitrogens is 1. The SMILES string of the molecule is CCOC(=O)C[C@H]1C(=O)NCC[NH+]1Cc1cccc(F)c1F. The number of ether oxygens (including phenoxy) is 1. The molecule has 5 nitrogen and oxygen atoms in total. The molecule has 120 valence electrons. The molecule has 2 N–H and O–H groups in total. The molecule has 1 unspecified atom stereocenters. The molecule has 1 aromatic carbocycles. The van der Waals surface area contributed by atoms with Crippen molar-refractivity contribution in [1.29, 1.82) is 0 Å². The predicted molar refractivity (Wildman–Crippen MR) is 73.9 cm³/mol. The second-order valence-electron chi connectivity index (χ2n) is 5.15. The third kappa shape index (κ3) is 3.79. The Labute approximate surface area is 127 Å². The maximum absolute atomic E-state index is 13.8.